The smallest absolute Gasteiger partial charge is 0.410 e. The monoisotopic (exact) mass is 362 g/mol. The van der Waals surface area contributed by atoms with Gasteiger partial charge in [0.05, 0.1) is 13.2 Å². The molecule has 144 valence electrons. The average Bonchev–Trinajstić information content (AvgIpc) is 2.57. The van der Waals surface area contributed by atoms with Crippen LogP contribution >= 0.6 is 0 Å². The van der Waals surface area contributed by atoms with E-state index in [0.717, 1.165) is 17.5 Å². The molecule has 1 aromatic carbocycles. The van der Waals surface area contributed by atoms with Gasteiger partial charge in [-0.05, 0) is 57.2 Å². The summed E-state index contributed by atoms with van der Waals surface area (Å²) in [7, 11) is 3.08. The van der Waals surface area contributed by atoms with Crippen molar-refractivity contribution in [1.29, 1.82) is 0 Å². The zero-order chi connectivity index (χ0) is 19.5. The van der Waals surface area contributed by atoms with Crippen LogP contribution in [0.5, 0.6) is 0 Å². The van der Waals surface area contributed by atoms with Crippen LogP contribution in [0.25, 0.3) is 0 Å². The summed E-state index contributed by atoms with van der Waals surface area (Å²) in [5, 5.41) is 1.24. The minimum Gasteiger partial charge on any atom is -0.444 e. The first-order chi connectivity index (χ1) is 12.1. The van der Waals surface area contributed by atoms with Gasteiger partial charge in [-0.3, -0.25) is 9.63 Å². The Hall–Kier alpha value is -2.08. The fourth-order valence-corrected chi connectivity index (χ4v) is 3.10. The number of hydroxylamine groups is 2. The quantitative estimate of drug-likeness (QED) is 0.769. The number of fused-ring (bicyclic) bond motifs is 1. The first kappa shape index (κ1) is 20.2. The van der Waals surface area contributed by atoms with Crippen LogP contribution in [0.3, 0.4) is 0 Å². The van der Waals surface area contributed by atoms with E-state index in [0.29, 0.717) is 19.4 Å². The van der Waals surface area contributed by atoms with Crippen molar-refractivity contribution in [3.63, 3.8) is 0 Å². The molecule has 26 heavy (non-hydrogen) atoms. The van der Waals surface area contributed by atoms with Crippen molar-refractivity contribution in [2.45, 2.75) is 58.6 Å². The molecule has 1 heterocycles. The van der Waals surface area contributed by atoms with Gasteiger partial charge in [0, 0.05) is 20.0 Å². The second-order valence-electron chi connectivity index (χ2n) is 7.71. The molecule has 6 nitrogen and oxygen atoms in total. The van der Waals surface area contributed by atoms with Gasteiger partial charge in [-0.2, -0.15) is 0 Å². The zero-order valence-corrected chi connectivity index (χ0v) is 16.7. The Balaban J connectivity index is 2.10. The minimum absolute atomic E-state index is 0.0501. The molecule has 0 N–H and O–H groups in total. The third-order valence-electron chi connectivity index (χ3n) is 4.63. The Kier molecular flexibility index (Phi) is 6.29. The fraction of sp³-hybridized carbons (Fsp3) is 0.600. The van der Waals surface area contributed by atoms with Crippen molar-refractivity contribution in [3.8, 4) is 0 Å². The number of hydrogen-bond donors (Lipinski definition) is 0. The van der Waals surface area contributed by atoms with E-state index in [1.54, 1.807) is 11.9 Å². The number of benzene rings is 1. The van der Waals surface area contributed by atoms with E-state index >= 15 is 0 Å². The molecule has 1 aromatic rings. The Morgan fingerprint density at radius 3 is 2.62 bits per heavy atom. The summed E-state index contributed by atoms with van der Waals surface area (Å²) in [6, 6.07) is 6.23. The number of carbonyl (C=O) groups excluding carboxylic acids is 2. The Bertz CT molecular complexity index is 666. The van der Waals surface area contributed by atoms with Crippen LogP contribution in [0, 0.1) is 0 Å². The van der Waals surface area contributed by atoms with Crippen molar-refractivity contribution < 1.29 is 19.2 Å². The predicted octanol–water partition coefficient (Wildman–Crippen LogP) is 3.49. The highest BCUT2D eigenvalue weighted by molar-refractivity contribution is 5.75. The third kappa shape index (κ3) is 4.97. The van der Waals surface area contributed by atoms with Crippen molar-refractivity contribution >= 4 is 12.0 Å². The number of rotatable bonds is 4. The molecule has 0 bridgehead atoms. The first-order valence-corrected chi connectivity index (χ1v) is 9.04. The summed E-state index contributed by atoms with van der Waals surface area (Å²) < 4.78 is 5.53. The lowest BCUT2D eigenvalue weighted by molar-refractivity contribution is -0.168. The summed E-state index contributed by atoms with van der Waals surface area (Å²) in [4.78, 5) is 31.1. The highest BCUT2D eigenvalue weighted by Crippen LogP contribution is 2.31. The molecule has 1 aliphatic heterocycles. The number of carbonyl (C=O) groups is 2. The van der Waals surface area contributed by atoms with Crippen LogP contribution in [0.15, 0.2) is 18.2 Å². The van der Waals surface area contributed by atoms with Gasteiger partial charge in [-0.25, -0.2) is 9.86 Å². The van der Waals surface area contributed by atoms with Crippen LogP contribution in [0.1, 0.15) is 56.8 Å². The maximum atomic E-state index is 12.5. The molecule has 1 atom stereocenters. The molecule has 6 heteroatoms. The van der Waals surface area contributed by atoms with Gasteiger partial charge in [-0.15, -0.1) is 0 Å². The molecule has 0 spiro atoms. The molecule has 0 radical (unpaired) electrons. The highest BCUT2D eigenvalue weighted by Gasteiger charge is 2.31. The number of nitrogens with zero attached hydrogens (tertiary/aromatic N) is 2. The van der Waals surface area contributed by atoms with Crippen LogP contribution in [-0.2, 0) is 27.2 Å². The lowest BCUT2D eigenvalue weighted by atomic mass is 9.91. The van der Waals surface area contributed by atoms with Crippen molar-refractivity contribution in [2.24, 2.45) is 0 Å². The number of ether oxygens (including phenoxy) is 1. The average molecular weight is 362 g/mol. The maximum absolute atomic E-state index is 12.5. The highest BCUT2D eigenvalue weighted by atomic mass is 16.7. The topological polar surface area (TPSA) is 59.1 Å². The molecule has 1 unspecified atom stereocenters. The van der Waals surface area contributed by atoms with Gasteiger partial charge in [0.1, 0.15) is 5.60 Å². The Morgan fingerprint density at radius 1 is 1.31 bits per heavy atom. The molecule has 0 fully saturated rings. The van der Waals surface area contributed by atoms with E-state index in [1.807, 2.05) is 27.7 Å². The van der Waals surface area contributed by atoms with Crippen LogP contribution in [0.2, 0.25) is 0 Å². The number of aryl methyl sites for hydroxylation is 1. The van der Waals surface area contributed by atoms with Gasteiger partial charge >= 0.3 is 6.09 Å². The predicted molar refractivity (Wildman–Crippen MR) is 99.6 cm³/mol. The van der Waals surface area contributed by atoms with Gasteiger partial charge in [0.2, 0.25) is 5.91 Å². The molecule has 0 aliphatic carbocycles. The molecule has 0 aromatic heterocycles. The normalized spacial score (nSPS) is 16.8. The van der Waals surface area contributed by atoms with E-state index in [4.69, 9.17) is 9.57 Å². The van der Waals surface area contributed by atoms with Gasteiger partial charge in [0.25, 0.3) is 0 Å². The standard InChI is InChI=1S/C20H30N2O4/c1-14-17-13-15(8-10-18(23)21(5)25-6)7-9-16(17)11-12-22(14)19(24)26-20(2,3)4/h7,9,13-14H,8,10-12H2,1-6H3. The van der Waals surface area contributed by atoms with Gasteiger partial charge < -0.3 is 9.64 Å². The minimum atomic E-state index is -0.507. The SMILES string of the molecule is CON(C)C(=O)CCc1ccc2c(c1)C(C)N(C(=O)OC(C)(C)C)CC2. The van der Waals surface area contributed by atoms with Crippen molar-refractivity contribution in [1.82, 2.24) is 9.96 Å². The molecular weight excluding hydrogens is 332 g/mol. The molecule has 2 amide bonds. The summed E-state index contributed by atoms with van der Waals surface area (Å²) in [6.45, 7) is 8.30. The van der Waals surface area contributed by atoms with Crippen LogP contribution in [0.4, 0.5) is 4.79 Å². The summed E-state index contributed by atoms with van der Waals surface area (Å²) in [5.74, 6) is -0.0614. The summed E-state index contributed by atoms with van der Waals surface area (Å²) >= 11 is 0. The molecule has 0 saturated heterocycles. The van der Waals surface area contributed by atoms with Crippen molar-refractivity contribution in [2.75, 3.05) is 20.7 Å². The Labute approximate surface area is 156 Å². The molecule has 2 rings (SSSR count). The van der Waals surface area contributed by atoms with Crippen LogP contribution in [-0.4, -0.2) is 48.3 Å². The van der Waals surface area contributed by atoms with E-state index < -0.39 is 5.60 Å². The lowest BCUT2D eigenvalue weighted by Crippen LogP contribution is -2.42. The Morgan fingerprint density at radius 2 is 2.00 bits per heavy atom. The van der Waals surface area contributed by atoms with E-state index in [-0.39, 0.29) is 18.0 Å². The summed E-state index contributed by atoms with van der Waals surface area (Å²) in [6.07, 6.45) is 1.55. The fourth-order valence-electron chi connectivity index (χ4n) is 3.10. The van der Waals surface area contributed by atoms with Gasteiger partial charge in [-0.1, -0.05) is 18.2 Å². The maximum Gasteiger partial charge on any atom is 0.410 e. The first-order valence-electron chi connectivity index (χ1n) is 9.04. The van der Waals surface area contributed by atoms with E-state index in [2.05, 4.69) is 18.2 Å². The molecule has 1 aliphatic rings. The van der Waals surface area contributed by atoms with Crippen LogP contribution < -0.4 is 0 Å². The third-order valence-corrected chi connectivity index (χ3v) is 4.63. The molecule has 0 saturated carbocycles. The van der Waals surface area contributed by atoms with Crippen molar-refractivity contribution in [3.05, 3.63) is 34.9 Å². The second-order valence-corrected chi connectivity index (χ2v) is 7.71. The number of hydrogen-bond acceptors (Lipinski definition) is 4. The molecular formula is C20H30N2O4. The zero-order valence-electron chi connectivity index (χ0n) is 16.7. The van der Waals surface area contributed by atoms with E-state index in [9.17, 15) is 9.59 Å². The largest absolute Gasteiger partial charge is 0.444 e. The van der Waals surface area contributed by atoms with E-state index in [1.165, 1.54) is 17.7 Å². The van der Waals surface area contributed by atoms with Gasteiger partial charge in [0.15, 0.2) is 0 Å². The summed E-state index contributed by atoms with van der Waals surface area (Å²) in [5.41, 5.74) is 2.96. The second kappa shape index (κ2) is 8.08. The number of amides is 2. The lowest BCUT2D eigenvalue weighted by Gasteiger charge is -2.36.